The van der Waals surface area contributed by atoms with Gasteiger partial charge >= 0.3 is 0 Å². The van der Waals surface area contributed by atoms with Crippen LogP contribution in [0.4, 0.5) is 10.2 Å². The van der Waals surface area contributed by atoms with Gasteiger partial charge in [0.2, 0.25) is 0 Å². The van der Waals surface area contributed by atoms with Crippen LogP contribution in [0.25, 0.3) is 11.3 Å². The molecule has 2 N–H and O–H groups in total. The van der Waals surface area contributed by atoms with Gasteiger partial charge in [0.15, 0.2) is 11.6 Å². The second-order valence-electron chi connectivity index (χ2n) is 9.72. The van der Waals surface area contributed by atoms with Gasteiger partial charge in [0, 0.05) is 49.5 Å². The van der Waals surface area contributed by atoms with Crippen molar-refractivity contribution >= 4 is 23.2 Å². The molecule has 0 aliphatic carbocycles. The van der Waals surface area contributed by atoms with E-state index in [0.29, 0.717) is 41.0 Å². The molecule has 0 spiro atoms. The Morgan fingerprint density at radius 3 is 2.97 bits per heavy atom. The Hall–Kier alpha value is -2.09. The number of nitrogens with one attached hydrogen (secondary N) is 2. The van der Waals surface area contributed by atoms with Crippen molar-refractivity contribution in [2.75, 3.05) is 31.6 Å². The van der Waals surface area contributed by atoms with Crippen LogP contribution in [-0.2, 0) is 16.0 Å². The summed E-state index contributed by atoms with van der Waals surface area (Å²) in [6.07, 6.45) is 5.55. The van der Waals surface area contributed by atoms with Crippen molar-refractivity contribution in [3.63, 3.8) is 0 Å². The maximum Gasteiger partial charge on any atom is 0.165 e. The SMILES string of the molecule is CC1(C)C[C@@H](CNc2nc(-c3cc(CC(=O)[C@@H]4CCCNC4)ncc3Cl)ccc2F)CCO1. The van der Waals surface area contributed by atoms with Crippen molar-refractivity contribution in [1.29, 1.82) is 0 Å². The molecule has 6 nitrogen and oxygen atoms in total. The lowest BCUT2D eigenvalue weighted by atomic mass is 9.88. The van der Waals surface area contributed by atoms with Crippen LogP contribution in [-0.4, -0.2) is 47.6 Å². The van der Waals surface area contributed by atoms with Crippen LogP contribution < -0.4 is 10.6 Å². The highest BCUT2D eigenvalue weighted by Crippen LogP contribution is 2.31. The number of ketones is 1. The second-order valence-corrected chi connectivity index (χ2v) is 10.1. The van der Waals surface area contributed by atoms with Crippen molar-refractivity contribution in [3.8, 4) is 11.3 Å². The molecule has 4 rings (SSSR count). The molecule has 2 aromatic heterocycles. The van der Waals surface area contributed by atoms with Crippen LogP contribution in [0.1, 0.15) is 45.2 Å². The van der Waals surface area contributed by atoms with E-state index in [1.807, 2.05) is 0 Å². The van der Waals surface area contributed by atoms with Gasteiger partial charge in [0.05, 0.1) is 16.3 Å². The normalized spacial score (nSPS) is 22.7. The summed E-state index contributed by atoms with van der Waals surface area (Å²) >= 11 is 6.41. The predicted octanol–water partition coefficient (Wildman–Crippen LogP) is 4.66. The molecule has 2 aliphatic heterocycles. The maximum absolute atomic E-state index is 14.5. The number of Topliss-reactive ketones (excluding diaryl/α,β-unsaturated/α-hetero) is 1. The van der Waals surface area contributed by atoms with E-state index in [1.54, 1.807) is 18.3 Å². The molecule has 2 aromatic rings. The standard InChI is InChI=1S/C25H32ClFN4O2/c1-25(2)12-16(7-9-33-25)13-30-24-21(27)5-6-22(31-24)19-10-18(29-15-20(19)26)11-23(32)17-4-3-8-28-14-17/h5-6,10,15-17,28H,3-4,7-9,11-14H2,1-2H3,(H,30,31)/t16-,17+/m0/s1. The zero-order chi connectivity index (χ0) is 23.4. The molecule has 0 saturated carbocycles. The van der Waals surface area contributed by atoms with Gasteiger partial charge in [-0.15, -0.1) is 0 Å². The fourth-order valence-corrected chi connectivity index (χ4v) is 4.91. The van der Waals surface area contributed by atoms with Crippen LogP contribution in [0.3, 0.4) is 0 Å². The third-order valence-corrected chi connectivity index (χ3v) is 6.80. The van der Waals surface area contributed by atoms with E-state index in [2.05, 4.69) is 34.4 Å². The molecule has 0 unspecified atom stereocenters. The summed E-state index contributed by atoms with van der Waals surface area (Å²) in [4.78, 5) is 21.5. The number of ether oxygens (including phenoxy) is 1. The van der Waals surface area contributed by atoms with E-state index >= 15 is 0 Å². The molecule has 0 amide bonds. The van der Waals surface area contributed by atoms with Gasteiger partial charge in [-0.05, 0) is 70.2 Å². The smallest absolute Gasteiger partial charge is 0.165 e. The Morgan fingerprint density at radius 1 is 1.36 bits per heavy atom. The number of carbonyl (C=O) groups excluding carboxylic acids is 1. The lowest BCUT2D eigenvalue weighted by molar-refractivity contribution is -0.122. The summed E-state index contributed by atoms with van der Waals surface area (Å²) in [6, 6.07) is 4.80. The minimum atomic E-state index is -0.407. The highest BCUT2D eigenvalue weighted by Gasteiger charge is 2.29. The zero-order valence-corrected chi connectivity index (χ0v) is 20.1. The zero-order valence-electron chi connectivity index (χ0n) is 19.3. The minimum absolute atomic E-state index is 0.0228. The number of pyridine rings is 2. The van der Waals surface area contributed by atoms with Gasteiger partial charge in [-0.25, -0.2) is 9.37 Å². The summed E-state index contributed by atoms with van der Waals surface area (Å²) in [6.45, 7) is 7.18. The van der Waals surface area contributed by atoms with E-state index in [4.69, 9.17) is 16.3 Å². The quantitative estimate of drug-likeness (QED) is 0.607. The summed E-state index contributed by atoms with van der Waals surface area (Å²) in [5.41, 5.74) is 1.68. The van der Waals surface area contributed by atoms with Gasteiger partial charge in [-0.2, -0.15) is 0 Å². The number of piperidine rings is 1. The van der Waals surface area contributed by atoms with Crippen LogP contribution in [0, 0.1) is 17.7 Å². The van der Waals surface area contributed by atoms with Crippen LogP contribution in [0.5, 0.6) is 0 Å². The number of hydrogen-bond donors (Lipinski definition) is 2. The monoisotopic (exact) mass is 474 g/mol. The molecule has 33 heavy (non-hydrogen) atoms. The molecule has 0 bridgehead atoms. The minimum Gasteiger partial charge on any atom is -0.376 e. The number of hydrogen-bond acceptors (Lipinski definition) is 6. The molecule has 8 heteroatoms. The van der Waals surface area contributed by atoms with Crippen LogP contribution in [0.2, 0.25) is 5.02 Å². The number of carbonyl (C=O) groups is 1. The van der Waals surface area contributed by atoms with E-state index in [0.717, 1.165) is 38.8 Å². The average Bonchev–Trinajstić information content (AvgIpc) is 2.80. The first-order chi connectivity index (χ1) is 15.8. The van der Waals surface area contributed by atoms with Crippen molar-refractivity contribution < 1.29 is 13.9 Å². The third-order valence-electron chi connectivity index (χ3n) is 6.50. The Morgan fingerprint density at radius 2 is 2.21 bits per heavy atom. The Labute approximate surface area is 199 Å². The van der Waals surface area contributed by atoms with Gasteiger partial charge in [-0.1, -0.05) is 11.6 Å². The second kappa shape index (κ2) is 10.5. The summed E-state index contributed by atoms with van der Waals surface area (Å²) in [5.74, 6) is 0.382. The molecule has 0 radical (unpaired) electrons. The van der Waals surface area contributed by atoms with Gasteiger partial charge in [0.1, 0.15) is 5.78 Å². The molecule has 0 aromatic carbocycles. The molecule has 2 fully saturated rings. The van der Waals surface area contributed by atoms with Gasteiger partial charge < -0.3 is 15.4 Å². The first-order valence-electron chi connectivity index (χ1n) is 11.7. The van der Waals surface area contributed by atoms with E-state index in [1.165, 1.54) is 6.07 Å². The Kier molecular flexibility index (Phi) is 7.62. The molecular formula is C25H32ClFN4O2. The molecule has 4 heterocycles. The van der Waals surface area contributed by atoms with E-state index < -0.39 is 5.82 Å². The van der Waals surface area contributed by atoms with Crippen molar-refractivity contribution in [3.05, 3.63) is 40.9 Å². The summed E-state index contributed by atoms with van der Waals surface area (Å²) in [7, 11) is 0. The number of anilines is 1. The maximum atomic E-state index is 14.5. The van der Waals surface area contributed by atoms with Crippen molar-refractivity contribution in [2.45, 2.75) is 51.6 Å². The lowest BCUT2D eigenvalue weighted by Gasteiger charge is -2.35. The molecular weight excluding hydrogens is 443 g/mol. The van der Waals surface area contributed by atoms with Gasteiger partial charge in [0.25, 0.3) is 0 Å². The fourth-order valence-electron chi connectivity index (χ4n) is 4.71. The molecule has 178 valence electrons. The Balaban J connectivity index is 1.48. The molecule has 2 aliphatic rings. The fraction of sp³-hybridized carbons (Fsp3) is 0.560. The van der Waals surface area contributed by atoms with E-state index in [9.17, 15) is 9.18 Å². The summed E-state index contributed by atoms with van der Waals surface area (Å²) in [5, 5.41) is 6.87. The number of rotatable bonds is 7. The van der Waals surface area contributed by atoms with Crippen molar-refractivity contribution in [1.82, 2.24) is 15.3 Å². The largest absolute Gasteiger partial charge is 0.376 e. The first kappa shape index (κ1) is 24.0. The molecule has 2 atom stereocenters. The Bertz CT molecular complexity index is 994. The topological polar surface area (TPSA) is 76.1 Å². The number of halogens is 2. The first-order valence-corrected chi connectivity index (χ1v) is 12.1. The average molecular weight is 475 g/mol. The highest BCUT2D eigenvalue weighted by molar-refractivity contribution is 6.33. The highest BCUT2D eigenvalue weighted by atomic mass is 35.5. The number of aromatic nitrogens is 2. The third kappa shape index (κ3) is 6.28. The molecule has 2 saturated heterocycles. The number of nitrogens with zero attached hydrogens (tertiary/aromatic N) is 2. The van der Waals surface area contributed by atoms with Crippen molar-refractivity contribution in [2.24, 2.45) is 11.8 Å². The van der Waals surface area contributed by atoms with E-state index in [-0.39, 0.29) is 29.5 Å². The van der Waals surface area contributed by atoms with Gasteiger partial charge in [-0.3, -0.25) is 9.78 Å². The lowest BCUT2D eigenvalue weighted by Crippen LogP contribution is -2.36. The van der Waals surface area contributed by atoms with Crippen LogP contribution >= 0.6 is 11.6 Å². The summed E-state index contributed by atoms with van der Waals surface area (Å²) < 4.78 is 20.3. The van der Waals surface area contributed by atoms with Crippen LogP contribution in [0.15, 0.2) is 24.4 Å². The predicted molar refractivity (Wildman–Crippen MR) is 128 cm³/mol.